The summed E-state index contributed by atoms with van der Waals surface area (Å²) in [5, 5.41) is 6.07. The van der Waals surface area contributed by atoms with E-state index in [2.05, 4.69) is 41.6 Å². The Kier molecular flexibility index (Phi) is 3.28. The van der Waals surface area contributed by atoms with Crippen molar-refractivity contribution in [3.63, 3.8) is 0 Å². The van der Waals surface area contributed by atoms with Gasteiger partial charge in [-0.05, 0) is 49.6 Å². The number of nitrogens with one attached hydrogen (secondary N) is 1. The fourth-order valence-corrected chi connectivity index (χ4v) is 2.80. The average molecular weight is 240 g/mol. The van der Waals surface area contributed by atoms with Gasteiger partial charge in [0.2, 0.25) is 0 Å². The lowest BCUT2D eigenvalue weighted by atomic mass is 9.99. The maximum atomic E-state index is 4.36. The molecule has 1 heterocycles. The van der Waals surface area contributed by atoms with Gasteiger partial charge in [0.15, 0.2) is 0 Å². The first-order valence-corrected chi connectivity index (χ1v) is 6.87. The van der Waals surface area contributed by atoms with Crippen LogP contribution >= 0.6 is 0 Å². The SMILES string of the molecule is CNC(CCc1cncc2ccccc12)C1CC1. The molecule has 0 bridgehead atoms. The van der Waals surface area contributed by atoms with Crippen LogP contribution in [-0.2, 0) is 6.42 Å². The third-order valence-corrected chi connectivity index (χ3v) is 4.04. The normalized spacial score (nSPS) is 16.9. The summed E-state index contributed by atoms with van der Waals surface area (Å²) < 4.78 is 0. The summed E-state index contributed by atoms with van der Waals surface area (Å²) in [6.07, 6.45) is 9.13. The molecule has 3 rings (SSSR count). The van der Waals surface area contributed by atoms with Crippen molar-refractivity contribution in [2.75, 3.05) is 7.05 Å². The molecule has 1 unspecified atom stereocenters. The summed E-state index contributed by atoms with van der Waals surface area (Å²) in [7, 11) is 2.09. The Labute approximate surface area is 108 Å². The first-order chi connectivity index (χ1) is 8.88. The highest BCUT2D eigenvalue weighted by molar-refractivity contribution is 5.84. The second-order valence-electron chi connectivity index (χ2n) is 5.29. The van der Waals surface area contributed by atoms with Gasteiger partial charge in [-0.25, -0.2) is 0 Å². The highest BCUT2D eigenvalue weighted by atomic mass is 14.9. The van der Waals surface area contributed by atoms with E-state index in [1.807, 2.05) is 12.4 Å². The van der Waals surface area contributed by atoms with Gasteiger partial charge in [-0.15, -0.1) is 0 Å². The predicted octanol–water partition coefficient (Wildman–Crippen LogP) is 3.17. The van der Waals surface area contributed by atoms with Crippen LogP contribution in [0.3, 0.4) is 0 Å². The van der Waals surface area contributed by atoms with Crippen molar-refractivity contribution >= 4 is 10.8 Å². The number of aromatic nitrogens is 1. The quantitative estimate of drug-likeness (QED) is 0.868. The summed E-state index contributed by atoms with van der Waals surface area (Å²) in [5.41, 5.74) is 1.38. The summed E-state index contributed by atoms with van der Waals surface area (Å²) in [6, 6.07) is 9.22. The molecule has 1 atom stereocenters. The fraction of sp³-hybridized carbons (Fsp3) is 0.438. The first-order valence-electron chi connectivity index (χ1n) is 6.87. The predicted molar refractivity (Wildman–Crippen MR) is 75.6 cm³/mol. The number of rotatable bonds is 5. The van der Waals surface area contributed by atoms with Crippen molar-refractivity contribution in [2.24, 2.45) is 5.92 Å². The van der Waals surface area contributed by atoms with E-state index in [-0.39, 0.29) is 0 Å². The van der Waals surface area contributed by atoms with E-state index in [0.717, 1.165) is 12.3 Å². The van der Waals surface area contributed by atoms with Crippen LogP contribution in [0.2, 0.25) is 0 Å². The zero-order valence-electron chi connectivity index (χ0n) is 10.9. The van der Waals surface area contributed by atoms with Crippen molar-refractivity contribution < 1.29 is 0 Å². The fourth-order valence-electron chi connectivity index (χ4n) is 2.80. The maximum absolute atomic E-state index is 4.36. The van der Waals surface area contributed by atoms with E-state index in [0.29, 0.717) is 6.04 Å². The molecule has 1 N–H and O–H groups in total. The minimum absolute atomic E-state index is 0.684. The Morgan fingerprint density at radius 1 is 1.28 bits per heavy atom. The molecule has 1 saturated carbocycles. The second-order valence-corrected chi connectivity index (χ2v) is 5.29. The highest BCUT2D eigenvalue weighted by Gasteiger charge is 2.29. The number of aryl methyl sites for hydroxylation is 1. The zero-order chi connectivity index (χ0) is 12.4. The van der Waals surface area contributed by atoms with Crippen molar-refractivity contribution in [1.82, 2.24) is 10.3 Å². The largest absolute Gasteiger partial charge is 0.317 e. The maximum Gasteiger partial charge on any atom is 0.0346 e. The summed E-state index contributed by atoms with van der Waals surface area (Å²) in [4.78, 5) is 4.36. The molecule has 0 spiro atoms. The molecule has 0 radical (unpaired) electrons. The van der Waals surface area contributed by atoms with Gasteiger partial charge < -0.3 is 5.32 Å². The van der Waals surface area contributed by atoms with Gasteiger partial charge in [0, 0.05) is 23.8 Å². The van der Waals surface area contributed by atoms with Crippen molar-refractivity contribution in [3.05, 3.63) is 42.2 Å². The smallest absolute Gasteiger partial charge is 0.0346 e. The van der Waals surface area contributed by atoms with Gasteiger partial charge in [-0.3, -0.25) is 4.98 Å². The Hall–Kier alpha value is -1.41. The molecule has 0 aliphatic heterocycles. The number of pyridine rings is 1. The van der Waals surface area contributed by atoms with Gasteiger partial charge in [0.25, 0.3) is 0 Å². The van der Waals surface area contributed by atoms with Gasteiger partial charge in [0.1, 0.15) is 0 Å². The molecule has 1 aromatic carbocycles. The van der Waals surface area contributed by atoms with Crippen LogP contribution in [0.1, 0.15) is 24.8 Å². The van der Waals surface area contributed by atoms with Crippen LogP contribution < -0.4 is 5.32 Å². The molecule has 2 aromatic rings. The number of hydrogen-bond acceptors (Lipinski definition) is 2. The van der Waals surface area contributed by atoms with Crippen LogP contribution in [0.4, 0.5) is 0 Å². The van der Waals surface area contributed by atoms with E-state index >= 15 is 0 Å². The molecule has 0 amide bonds. The van der Waals surface area contributed by atoms with Crippen molar-refractivity contribution in [2.45, 2.75) is 31.7 Å². The number of fused-ring (bicyclic) bond motifs is 1. The van der Waals surface area contributed by atoms with Gasteiger partial charge in [-0.2, -0.15) is 0 Å². The van der Waals surface area contributed by atoms with Gasteiger partial charge in [0.05, 0.1) is 0 Å². The summed E-state index contributed by atoms with van der Waals surface area (Å²) in [6.45, 7) is 0. The molecular formula is C16H20N2. The van der Waals surface area contributed by atoms with Crippen LogP contribution in [-0.4, -0.2) is 18.1 Å². The minimum atomic E-state index is 0.684. The lowest BCUT2D eigenvalue weighted by molar-refractivity contribution is 0.471. The Balaban J connectivity index is 1.77. The van der Waals surface area contributed by atoms with Gasteiger partial charge >= 0.3 is 0 Å². The third kappa shape index (κ3) is 2.39. The molecular weight excluding hydrogens is 220 g/mol. The Morgan fingerprint density at radius 3 is 2.89 bits per heavy atom. The number of hydrogen-bond donors (Lipinski definition) is 1. The van der Waals surface area contributed by atoms with Gasteiger partial charge in [-0.1, -0.05) is 24.3 Å². The number of nitrogens with zero attached hydrogens (tertiary/aromatic N) is 1. The summed E-state index contributed by atoms with van der Waals surface area (Å²) >= 11 is 0. The molecule has 18 heavy (non-hydrogen) atoms. The molecule has 94 valence electrons. The third-order valence-electron chi connectivity index (χ3n) is 4.04. The molecule has 1 fully saturated rings. The van der Waals surface area contributed by atoms with Crippen LogP contribution in [0, 0.1) is 5.92 Å². The second kappa shape index (κ2) is 5.07. The molecule has 1 aromatic heterocycles. The van der Waals surface area contributed by atoms with E-state index in [1.54, 1.807) is 0 Å². The highest BCUT2D eigenvalue weighted by Crippen LogP contribution is 2.34. The van der Waals surface area contributed by atoms with Crippen LogP contribution in [0.15, 0.2) is 36.7 Å². The van der Waals surface area contributed by atoms with Crippen LogP contribution in [0.5, 0.6) is 0 Å². The van der Waals surface area contributed by atoms with E-state index < -0.39 is 0 Å². The van der Waals surface area contributed by atoms with Crippen molar-refractivity contribution in [3.8, 4) is 0 Å². The molecule has 1 aliphatic carbocycles. The Morgan fingerprint density at radius 2 is 2.11 bits per heavy atom. The Bertz CT molecular complexity index is 526. The topological polar surface area (TPSA) is 24.9 Å². The number of benzene rings is 1. The molecule has 0 saturated heterocycles. The lowest BCUT2D eigenvalue weighted by Gasteiger charge is -2.15. The first kappa shape index (κ1) is 11.7. The molecule has 1 aliphatic rings. The summed E-state index contributed by atoms with van der Waals surface area (Å²) in [5.74, 6) is 0.915. The van der Waals surface area contributed by atoms with E-state index in [4.69, 9.17) is 0 Å². The van der Waals surface area contributed by atoms with Crippen LogP contribution in [0.25, 0.3) is 10.8 Å². The average Bonchev–Trinajstić information content (AvgIpc) is 3.24. The molecule has 2 nitrogen and oxygen atoms in total. The van der Waals surface area contributed by atoms with E-state index in [1.165, 1.54) is 35.6 Å². The zero-order valence-corrected chi connectivity index (χ0v) is 10.9. The van der Waals surface area contributed by atoms with Crippen molar-refractivity contribution in [1.29, 1.82) is 0 Å². The van der Waals surface area contributed by atoms with E-state index in [9.17, 15) is 0 Å². The standard InChI is InChI=1S/C16H20N2/c1-17-16(12-6-7-12)9-8-14-11-18-10-13-4-2-3-5-15(13)14/h2-5,10-12,16-17H,6-9H2,1H3. The minimum Gasteiger partial charge on any atom is -0.317 e. The molecule has 2 heteroatoms. The monoisotopic (exact) mass is 240 g/mol. The lowest BCUT2D eigenvalue weighted by Crippen LogP contribution is -2.27.